The van der Waals surface area contributed by atoms with Crippen molar-refractivity contribution in [3.63, 3.8) is 0 Å². The van der Waals surface area contributed by atoms with Crippen LogP contribution in [0.5, 0.6) is 0 Å². The Morgan fingerprint density at radius 3 is 2.86 bits per heavy atom. The molecule has 2 heterocycles. The number of carbonyl (C=O) groups is 3. The normalized spacial score (nSPS) is 17.0. The third-order valence-electron chi connectivity index (χ3n) is 3.35. The smallest absolute Gasteiger partial charge is 0.277 e. The van der Waals surface area contributed by atoms with Crippen LogP contribution in [0, 0.1) is 0 Å². The molecular weight excluding hydrogens is 282 g/mol. The number of aromatic nitrogens is 1. The van der Waals surface area contributed by atoms with E-state index in [0.717, 1.165) is 15.8 Å². The van der Waals surface area contributed by atoms with Gasteiger partial charge in [-0.1, -0.05) is 18.2 Å². The summed E-state index contributed by atoms with van der Waals surface area (Å²) in [6.45, 7) is 1.01. The summed E-state index contributed by atoms with van der Waals surface area (Å²) < 4.78 is 0. The predicted octanol–water partition coefficient (Wildman–Crippen LogP) is 1.08. The minimum Gasteiger partial charge on any atom is -0.320 e. The highest BCUT2D eigenvalue weighted by molar-refractivity contribution is 6.12. The van der Waals surface area contributed by atoms with E-state index in [4.69, 9.17) is 0 Å². The van der Waals surface area contributed by atoms with Gasteiger partial charge in [-0.3, -0.25) is 24.3 Å². The zero-order valence-corrected chi connectivity index (χ0v) is 11.9. The van der Waals surface area contributed by atoms with E-state index in [1.54, 1.807) is 6.20 Å². The van der Waals surface area contributed by atoms with Crippen LogP contribution in [-0.4, -0.2) is 34.2 Å². The number of carbonyl (C=O) groups excluding carboxylic acids is 3. The Balaban J connectivity index is 1.99. The van der Waals surface area contributed by atoms with Crippen LogP contribution in [0.25, 0.3) is 17.0 Å². The monoisotopic (exact) mass is 295 g/mol. The van der Waals surface area contributed by atoms with Gasteiger partial charge in [-0.2, -0.15) is 0 Å². The molecule has 1 aliphatic rings. The molecule has 1 saturated heterocycles. The van der Waals surface area contributed by atoms with Crippen LogP contribution in [0.1, 0.15) is 12.5 Å². The third kappa shape index (κ3) is 2.58. The number of para-hydroxylation sites is 1. The minimum atomic E-state index is -0.514. The van der Waals surface area contributed by atoms with Crippen LogP contribution >= 0.6 is 0 Å². The Hall–Kier alpha value is -3.02. The first-order valence-corrected chi connectivity index (χ1v) is 6.73. The Morgan fingerprint density at radius 2 is 2.09 bits per heavy atom. The standard InChI is InChI=1S/C16H13N3O3/c1-10(20)19-9-15(21)18-14(16(19)22)7-11-6-12-4-2-3-5-13(12)17-8-11/h2-8H,9H2,1H3,(H,18,21)/b14-7-. The first-order valence-electron chi connectivity index (χ1n) is 6.73. The molecule has 1 aromatic heterocycles. The molecule has 6 heteroatoms. The maximum atomic E-state index is 12.2. The van der Waals surface area contributed by atoms with Gasteiger partial charge in [0.1, 0.15) is 12.2 Å². The highest BCUT2D eigenvalue weighted by atomic mass is 16.2. The molecule has 110 valence electrons. The number of amides is 3. The second-order valence-electron chi connectivity index (χ2n) is 4.98. The van der Waals surface area contributed by atoms with E-state index >= 15 is 0 Å². The van der Waals surface area contributed by atoms with Crippen LogP contribution in [-0.2, 0) is 14.4 Å². The van der Waals surface area contributed by atoms with E-state index in [9.17, 15) is 14.4 Å². The number of imide groups is 1. The summed E-state index contributed by atoms with van der Waals surface area (Å²) in [7, 11) is 0. The van der Waals surface area contributed by atoms with Gasteiger partial charge in [0, 0.05) is 18.5 Å². The van der Waals surface area contributed by atoms with Crippen molar-refractivity contribution in [1.82, 2.24) is 15.2 Å². The zero-order chi connectivity index (χ0) is 15.7. The molecular formula is C16H13N3O3. The largest absolute Gasteiger partial charge is 0.320 e. The number of pyridine rings is 1. The molecule has 1 fully saturated rings. The van der Waals surface area contributed by atoms with Gasteiger partial charge in [0.05, 0.1) is 5.52 Å². The number of fused-ring (bicyclic) bond motifs is 1. The summed E-state index contributed by atoms with van der Waals surface area (Å²) in [5, 5.41) is 3.42. The number of piperazine rings is 1. The number of nitrogens with one attached hydrogen (secondary N) is 1. The van der Waals surface area contributed by atoms with Gasteiger partial charge < -0.3 is 5.32 Å². The summed E-state index contributed by atoms with van der Waals surface area (Å²) in [6, 6.07) is 9.45. The Kier molecular flexibility index (Phi) is 3.42. The van der Waals surface area contributed by atoms with Gasteiger partial charge in [-0.05, 0) is 23.8 Å². The van der Waals surface area contributed by atoms with Gasteiger partial charge in [0.15, 0.2) is 0 Å². The van der Waals surface area contributed by atoms with Crippen LogP contribution < -0.4 is 5.32 Å². The first kappa shape index (κ1) is 13.9. The molecule has 0 bridgehead atoms. The van der Waals surface area contributed by atoms with Gasteiger partial charge in [0.2, 0.25) is 11.8 Å². The maximum Gasteiger partial charge on any atom is 0.277 e. The highest BCUT2D eigenvalue weighted by Gasteiger charge is 2.30. The molecule has 0 unspecified atom stereocenters. The number of hydrogen-bond donors (Lipinski definition) is 1. The highest BCUT2D eigenvalue weighted by Crippen LogP contribution is 2.16. The molecule has 1 N–H and O–H groups in total. The average molecular weight is 295 g/mol. The Labute approximate surface area is 126 Å². The SMILES string of the molecule is CC(=O)N1CC(=O)N/C(=C\c2cnc3ccccc3c2)C1=O. The second-order valence-corrected chi connectivity index (χ2v) is 4.98. The van der Waals surface area contributed by atoms with Gasteiger partial charge in [-0.15, -0.1) is 0 Å². The molecule has 22 heavy (non-hydrogen) atoms. The molecule has 0 atom stereocenters. The van der Waals surface area contributed by atoms with Gasteiger partial charge >= 0.3 is 0 Å². The van der Waals surface area contributed by atoms with Crippen molar-refractivity contribution in [3.05, 3.63) is 47.8 Å². The van der Waals surface area contributed by atoms with Crippen molar-refractivity contribution in [2.24, 2.45) is 0 Å². The van der Waals surface area contributed by atoms with E-state index in [1.807, 2.05) is 30.3 Å². The van der Waals surface area contributed by atoms with Crippen molar-refractivity contribution in [3.8, 4) is 0 Å². The molecule has 0 spiro atoms. The van der Waals surface area contributed by atoms with Crippen LogP contribution in [0.3, 0.4) is 0 Å². The fourth-order valence-electron chi connectivity index (χ4n) is 2.29. The van der Waals surface area contributed by atoms with Crippen molar-refractivity contribution in [2.45, 2.75) is 6.92 Å². The minimum absolute atomic E-state index is 0.0727. The van der Waals surface area contributed by atoms with E-state index in [2.05, 4.69) is 10.3 Å². The lowest BCUT2D eigenvalue weighted by Crippen LogP contribution is -2.51. The zero-order valence-electron chi connectivity index (χ0n) is 11.9. The summed E-state index contributed by atoms with van der Waals surface area (Å²) in [5.41, 5.74) is 1.59. The molecule has 6 nitrogen and oxygen atoms in total. The Morgan fingerprint density at radius 1 is 1.32 bits per heavy atom. The average Bonchev–Trinajstić information content (AvgIpc) is 2.50. The van der Waals surface area contributed by atoms with Crippen molar-refractivity contribution in [1.29, 1.82) is 0 Å². The van der Waals surface area contributed by atoms with Crippen molar-refractivity contribution in [2.75, 3.05) is 6.54 Å². The van der Waals surface area contributed by atoms with Crippen LogP contribution in [0.15, 0.2) is 42.2 Å². The fraction of sp³-hybridized carbons (Fsp3) is 0.125. The number of nitrogens with zero attached hydrogens (tertiary/aromatic N) is 2. The second kappa shape index (κ2) is 5.40. The predicted molar refractivity (Wildman–Crippen MR) is 80.3 cm³/mol. The quantitative estimate of drug-likeness (QED) is 0.798. The number of rotatable bonds is 1. The van der Waals surface area contributed by atoms with Crippen molar-refractivity contribution >= 4 is 34.7 Å². The lowest BCUT2D eigenvalue weighted by atomic mass is 10.1. The molecule has 1 aliphatic heterocycles. The van der Waals surface area contributed by atoms with Gasteiger partial charge in [-0.25, -0.2) is 0 Å². The van der Waals surface area contributed by atoms with Crippen LogP contribution in [0.4, 0.5) is 0 Å². The Bertz CT molecular complexity index is 826. The lowest BCUT2D eigenvalue weighted by molar-refractivity contribution is -0.147. The first-order chi connectivity index (χ1) is 10.5. The summed E-state index contributed by atoms with van der Waals surface area (Å²) >= 11 is 0. The van der Waals surface area contributed by atoms with E-state index < -0.39 is 17.7 Å². The number of hydrogen-bond acceptors (Lipinski definition) is 4. The topological polar surface area (TPSA) is 79.4 Å². The summed E-state index contributed by atoms with van der Waals surface area (Å²) in [6.07, 6.45) is 3.14. The van der Waals surface area contributed by atoms with E-state index in [0.29, 0.717) is 5.56 Å². The molecule has 0 aliphatic carbocycles. The fourth-order valence-corrected chi connectivity index (χ4v) is 2.29. The lowest BCUT2D eigenvalue weighted by Gasteiger charge is -2.25. The molecule has 3 amide bonds. The third-order valence-corrected chi connectivity index (χ3v) is 3.35. The molecule has 0 saturated carbocycles. The summed E-state index contributed by atoms with van der Waals surface area (Å²) in [5.74, 6) is -1.36. The van der Waals surface area contributed by atoms with Gasteiger partial charge in [0.25, 0.3) is 5.91 Å². The van der Waals surface area contributed by atoms with Crippen molar-refractivity contribution < 1.29 is 14.4 Å². The number of benzene rings is 1. The molecule has 0 radical (unpaired) electrons. The van der Waals surface area contributed by atoms with E-state index in [-0.39, 0.29) is 12.2 Å². The maximum absolute atomic E-state index is 12.2. The van der Waals surface area contributed by atoms with Crippen LogP contribution in [0.2, 0.25) is 0 Å². The summed E-state index contributed by atoms with van der Waals surface area (Å²) in [4.78, 5) is 40.4. The molecule has 2 aromatic rings. The van der Waals surface area contributed by atoms with E-state index in [1.165, 1.54) is 13.0 Å². The molecule has 1 aromatic carbocycles. The molecule has 3 rings (SSSR count).